The number of hydrogen-bond donors (Lipinski definition) is 3. The predicted octanol–water partition coefficient (Wildman–Crippen LogP) is 0.587. The molecule has 1 aromatic carbocycles. The highest BCUT2D eigenvalue weighted by atomic mass is 16.2. The normalized spacial score (nSPS) is 12.0. The second kappa shape index (κ2) is 8.32. The van der Waals surface area contributed by atoms with Gasteiger partial charge >= 0.3 is 0 Å². The molecule has 5 heteroatoms. The third-order valence-corrected chi connectivity index (χ3v) is 2.80. The van der Waals surface area contributed by atoms with E-state index < -0.39 is 6.04 Å². The molecule has 4 N–H and O–H groups in total. The molecular formula is C15H23N3O2. The van der Waals surface area contributed by atoms with Gasteiger partial charge in [0.05, 0.1) is 12.6 Å². The first-order valence-corrected chi connectivity index (χ1v) is 6.85. The van der Waals surface area contributed by atoms with Crippen molar-refractivity contribution in [2.75, 3.05) is 6.54 Å². The Balaban J connectivity index is 2.27. The standard InChI is InChI=1S/C15H23N3O2/c1-11(2)18-14(19)10-17-15(20)13(16)9-8-12-6-4-3-5-7-12/h3-7,11,13H,8-10,16H2,1-2H3,(H,17,20)(H,18,19)/t13-/m0/s1. The molecule has 0 aromatic heterocycles. The van der Waals surface area contributed by atoms with E-state index in [9.17, 15) is 9.59 Å². The number of amides is 2. The van der Waals surface area contributed by atoms with Crippen LogP contribution in [0.2, 0.25) is 0 Å². The molecule has 0 aliphatic rings. The van der Waals surface area contributed by atoms with Gasteiger partial charge in [0.2, 0.25) is 11.8 Å². The van der Waals surface area contributed by atoms with E-state index in [1.807, 2.05) is 44.2 Å². The van der Waals surface area contributed by atoms with Crippen LogP contribution in [0, 0.1) is 0 Å². The zero-order chi connectivity index (χ0) is 15.0. The summed E-state index contributed by atoms with van der Waals surface area (Å²) in [7, 11) is 0. The van der Waals surface area contributed by atoms with Gasteiger partial charge in [0, 0.05) is 6.04 Å². The Bertz CT molecular complexity index is 432. The molecule has 0 unspecified atom stereocenters. The number of nitrogens with one attached hydrogen (secondary N) is 2. The summed E-state index contributed by atoms with van der Waals surface area (Å²) in [6.45, 7) is 3.70. The Morgan fingerprint density at radius 3 is 2.45 bits per heavy atom. The van der Waals surface area contributed by atoms with Gasteiger partial charge in [-0.15, -0.1) is 0 Å². The number of carbonyl (C=O) groups excluding carboxylic acids is 2. The second-order valence-corrected chi connectivity index (χ2v) is 5.07. The van der Waals surface area contributed by atoms with E-state index in [2.05, 4.69) is 10.6 Å². The lowest BCUT2D eigenvalue weighted by molar-refractivity contribution is -0.127. The van der Waals surface area contributed by atoms with Gasteiger partial charge in [0.1, 0.15) is 0 Å². The summed E-state index contributed by atoms with van der Waals surface area (Å²) in [5, 5.41) is 5.25. The Labute approximate surface area is 119 Å². The molecule has 0 aliphatic heterocycles. The number of carbonyl (C=O) groups is 2. The first-order chi connectivity index (χ1) is 9.49. The number of nitrogens with two attached hydrogens (primary N) is 1. The zero-order valence-electron chi connectivity index (χ0n) is 12.1. The average Bonchev–Trinajstić information content (AvgIpc) is 2.42. The summed E-state index contributed by atoms with van der Waals surface area (Å²) >= 11 is 0. The van der Waals surface area contributed by atoms with Crippen LogP contribution in [0.5, 0.6) is 0 Å². The number of benzene rings is 1. The predicted molar refractivity (Wildman–Crippen MR) is 79.0 cm³/mol. The van der Waals surface area contributed by atoms with Crippen molar-refractivity contribution in [1.29, 1.82) is 0 Å². The van der Waals surface area contributed by atoms with E-state index in [1.54, 1.807) is 0 Å². The summed E-state index contributed by atoms with van der Waals surface area (Å²) in [6, 6.07) is 9.33. The molecule has 20 heavy (non-hydrogen) atoms. The summed E-state index contributed by atoms with van der Waals surface area (Å²) in [5.74, 6) is -0.497. The van der Waals surface area contributed by atoms with Crippen molar-refractivity contribution in [2.45, 2.75) is 38.8 Å². The Morgan fingerprint density at radius 2 is 1.85 bits per heavy atom. The van der Waals surface area contributed by atoms with Gasteiger partial charge in [-0.3, -0.25) is 9.59 Å². The van der Waals surface area contributed by atoms with Crippen molar-refractivity contribution in [1.82, 2.24) is 10.6 Å². The van der Waals surface area contributed by atoms with Crippen molar-refractivity contribution in [3.63, 3.8) is 0 Å². The molecular weight excluding hydrogens is 254 g/mol. The quantitative estimate of drug-likeness (QED) is 0.682. The van der Waals surface area contributed by atoms with Crippen LogP contribution in [0.4, 0.5) is 0 Å². The van der Waals surface area contributed by atoms with Gasteiger partial charge in [-0.05, 0) is 32.3 Å². The summed E-state index contributed by atoms with van der Waals surface area (Å²) in [6.07, 6.45) is 1.30. The van der Waals surface area contributed by atoms with Crippen LogP contribution in [0.1, 0.15) is 25.8 Å². The van der Waals surface area contributed by atoms with Crippen molar-refractivity contribution in [2.24, 2.45) is 5.73 Å². The van der Waals surface area contributed by atoms with Crippen molar-refractivity contribution >= 4 is 11.8 Å². The summed E-state index contributed by atoms with van der Waals surface area (Å²) in [4.78, 5) is 23.1. The molecule has 2 amide bonds. The highest BCUT2D eigenvalue weighted by Crippen LogP contribution is 2.03. The van der Waals surface area contributed by atoms with E-state index in [0.717, 1.165) is 12.0 Å². The Hall–Kier alpha value is -1.88. The molecule has 1 aromatic rings. The maximum Gasteiger partial charge on any atom is 0.239 e. The molecule has 0 saturated carbocycles. The van der Waals surface area contributed by atoms with E-state index in [1.165, 1.54) is 0 Å². The van der Waals surface area contributed by atoms with Crippen LogP contribution in [0.3, 0.4) is 0 Å². The maximum atomic E-state index is 11.7. The smallest absolute Gasteiger partial charge is 0.239 e. The maximum absolute atomic E-state index is 11.7. The highest BCUT2D eigenvalue weighted by Gasteiger charge is 2.14. The van der Waals surface area contributed by atoms with Crippen LogP contribution in [0.25, 0.3) is 0 Å². The van der Waals surface area contributed by atoms with Crippen LogP contribution in [-0.4, -0.2) is 30.4 Å². The highest BCUT2D eigenvalue weighted by molar-refractivity contribution is 5.87. The fraction of sp³-hybridized carbons (Fsp3) is 0.467. The molecule has 0 heterocycles. The van der Waals surface area contributed by atoms with Gasteiger partial charge in [-0.2, -0.15) is 0 Å². The average molecular weight is 277 g/mol. The van der Waals surface area contributed by atoms with Gasteiger partial charge in [-0.25, -0.2) is 0 Å². The fourth-order valence-electron chi connectivity index (χ4n) is 1.77. The minimum atomic E-state index is -0.595. The molecule has 110 valence electrons. The molecule has 0 fully saturated rings. The van der Waals surface area contributed by atoms with Crippen LogP contribution in [0.15, 0.2) is 30.3 Å². The minimum Gasteiger partial charge on any atom is -0.352 e. The largest absolute Gasteiger partial charge is 0.352 e. The molecule has 1 rings (SSSR count). The van der Waals surface area contributed by atoms with Crippen molar-refractivity contribution in [3.05, 3.63) is 35.9 Å². The Kier molecular flexibility index (Phi) is 6.73. The first kappa shape index (κ1) is 16.2. The summed E-state index contributed by atoms with van der Waals surface area (Å²) < 4.78 is 0. The second-order valence-electron chi connectivity index (χ2n) is 5.07. The third-order valence-electron chi connectivity index (χ3n) is 2.80. The van der Waals surface area contributed by atoms with Crippen molar-refractivity contribution in [3.8, 4) is 0 Å². The minimum absolute atomic E-state index is 0.0317. The molecule has 0 bridgehead atoms. The molecule has 0 saturated heterocycles. The van der Waals surface area contributed by atoms with Crippen LogP contribution in [-0.2, 0) is 16.0 Å². The van der Waals surface area contributed by atoms with Crippen molar-refractivity contribution < 1.29 is 9.59 Å². The SMILES string of the molecule is CC(C)NC(=O)CNC(=O)[C@@H](N)CCc1ccccc1. The van der Waals surface area contributed by atoms with E-state index in [-0.39, 0.29) is 24.4 Å². The van der Waals surface area contributed by atoms with Gasteiger partial charge < -0.3 is 16.4 Å². The molecule has 5 nitrogen and oxygen atoms in total. The molecule has 0 aliphatic carbocycles. The van der Waals surface area contributed by atoms with Crippen LogP contribution >= 0.6 is 0 Å². The number of rotatable bonds is 7. The van der Waals surface area contributed by atoms with E-state index in [4.69, 9.17) is 5.73 Å². The topological polar surface area (TPSA) is 84.2 Å². The molecule has 1 atom stereocenters. The van der Waals surface area contributed by atoms with E-state index in [0.29, 0.717) is 6.42 Å². The number of aryl methyl sites for hydroxylation is 1. The van der Waals surface area contributed by atoms with Crippen LogP contribution < -0.4 is 16.4 Å². The fourth-order valence-corrected chi connectivity index (χ4v) is 1.77. The lowest BCUT2D eigenvalue weighted by Crippen LogP contribution is -2.46. The van der Waals surface area contributed by atoms with Gasteiger partial charge in [-0.1, -0.05) is 30.3 Å². The van der Waals surface area contributed by atoms with E-state index >= 15 is 0 Å². The number of hydrogen-bond acceptors (Lipinski definition) is 3. The van der Waals surface area contributed by atoms with Gasteiger partial charge in [0.15, 0.2) is 0 Å². The van der Waals surface area contributed by atoms with Gasteiger partial charge in [0.25, 0.3) is 0 Å². The molecule has 0 spiro atoms. The lowest BCUT2D eigenvalue weighted by atomic mass is 10.1. The molecule has 0 radical (unpaired) electrons. The monoisotopic (exact) mass is 277 g/mol. The third kappa shape index (κ3) is 6.33. The first-order valence-electron chi connectivity index (χ1n) is 6.85. The lowest BCUT2D eigenvalue weighted by Gasteiger charge is -2.13. The zero-order valence-corrected chi connectivity index (χ0v) is 12.1. The summed E-state index contributed by atoms with van der Waals surface area (Å²) in [5.41, 5.74) is 6.96. The Morgan fingerprint density at radius 1 is 1.20 bits per heavy atom.